The van der Waals surface area contributed by atoms with Gasteiger partial charge in [-0.25, -0.2) is 0 Å². The van der Waals surface area contributed by atoms with Gasteiger partial charge in [0.05, 0.1) is 0 Å². The Hall–Kier alpha value is -1.62. The summed E-state index contributed by atoms with van der Waals surface area (Å²) in [5.74, 6) is -0.0594. The van der Waals surface area contributed by atoms with Crippen LogP contribution in [-0.4, -0.2) is 30.1 Å². The molecule has 0 radical (unpaired) electrons. The molecule has 0 aromatic rings. The molecule has 2 rings (SSSR count). The number of carbonyl (C=O) groups excluding carboxylic acids is 1. The number of carboxylic acids is 1. The Kier molecular flexibility index (Phi) is 6.45. The number of hydrogen-bond donors (Lipinski definition) is 3. The van der Waals surface area contributed by atoms with E-state index in [1.165, 1.54) is 6.42 Å². The number of hydrogen-bond acceptors (Lipinski definition) is 3. The molecule has 0 aliphatic heterocycles. The summed E-state index contributed by atoms with van der Waals surface area (Å²) in [6.45, 7) is 2.88. The van der Waals surface area contributed by atoms with Crippen LogP contribution in [0.2, 0.25) is 0 Å². The van der Waals surface area contributed by atoms with Gasteiger partial charge < -0.3 is 16.2 Å². The van der Waals surface area contributed by atoms with Crippen molar-refractivity contribution in [3.63, 3.8) is 0 Å². The first kappa shape index (κ1) is 16.4. The highest BCUT2D eigenvalue weighted by Crippen LogP contribution is 2.56. The van der Waals surface area contributed by atoms with Crippen molar-refractivity contribution in [3.8, 4) is 0 Å². The van der Waals surface area contributed by atoms with Crippen LogP contribution in [0, 0.1) is 11.3 Å². The lowest BCUT2D eigenvalue weighted by Gasteiger charge is -2.04. The number of rotatable bonds is 7. The molecule has 5 heteroatoms. The van der Waals surface area contributed by atoms with Gasteiger partial charge in [0.2, 0.25) is 6.41 Å². The monoisotopic (exact) mass is 280 g/mol. The Morgan fingerprint density at radius 2 is 2.10 bits per heavy atom. The second kappa shape index (κ2) is 7.85. The largest absolute Gasteiger partial charge is 0.480 e. The van der Waals surface area contributed by atoms with E-state index in [-0.39, 0.29) is 0 Å². The van der Waals surface area contributed by atoms with Gasteiger partial charge in [-0.3, -0.25) is 9.59 Å². The Bertz CT molecular complexity index is 379. The van der Waals surface area contributed by atoms with E-state index in [4.69, 9.17) is 10.8 Å². The van der Waals surface area contributed by atoms with Crippen molar-refractivity contribution >= 4 is 12.4 Å². The third-order valence-corrected chi connectivity index (χ3v) is 3.83. The average molecular weight is 280 g/mol. The standard InChI is InChI=1S/C8H10.C7H14N2O3/c1-7-6-8(7)4-2-3-5-8;8-6(7(11)12)3-1-2-4-9-5-10/h2-5,7H,6H2,1H3;5-6H,1-4,8H2,(H,9,10)(H,11,12)/t;6-/m.0/s1. The lowest BCUT2D eigenvalue weighted by Crippen LogP contribution is -2.30. The van der Waals surface area contributed by atoms with Crippen LogP contribution >= 0.6 is 0 Å². The maximum Gasteiger partial charge on any atom is 0.320 e. The number of carboxylic acid groups (broad SMARTS) is 1. The number of allylic oxidation sites excluding steroid dienone is 4. The van der Waals surface area contributed by atoms with Gasteiger partial charge in [-0.15, -0.1) is 0 Å². The maximum absolute atomic E-state index is 10.2. The molecule has 4 N–H and O–H groups in total. The summed E-state index contributed by atoms with van der Waals surface area (Å²) in [6.07, 6.45) is 12.9. The maximum atomic E-state index is 10.2. The van der Waals surface area contributed by atoms with E-state index in [1.54, 1.807) is 0 Å². The van der Waals surface area contributed by atoms with E-state index in [0.717, 1.165) is 12.3 Å². The first-order chi connectivity index (χ1) is 9.52. The molecule has 1 saturated carbocycles. The fourth-order valence-corrected chi connectivity index (χ4v) is 2.23. The highest BCUT2D eigenvalue weighted by Gasteiger charge is 2.47. The van der Waals surface area contributed by atoms with Crippen molar-refractivity contribution in [1.29, 1.82) is 0 Å². The molecule has 1 spiro atoms. The Labute approximate surface area is 119 Å². The predicted molar refractivity (Wildman–Crippen MR) is 78.0 cm³/mol. The van der Waals surface area contributed by atoms with Gasteiger partial charge in [-0.05, 0) is 31.6 Å². The zero-order chi connectivity index (χ0) is 15.0. The molecule has 1 amide bonds. The molecule has 2 atom stereocenters. The fraction of sp³-hybridized carbons (Fsp3) is 0.600. The second-order valence-electron chi connectivity index (χ2n) is 5.45. The van der Waals surface area contributed by atoms with E-state index in [9.17, 15) is 9.59 Å². The van der Waals surface area contributed by atoms with Crippen LogP contribution in [0.4, 0.5) is 0 Å². The molecule has 1 fully saturated rings. The number of carbonyl (C=O) groups is 2. The zero-order valence-corrected chi connectivity index (χ0v) is 11.9. The summed E-state index contributed by atoms with van der Waals surface area (Å²) < 4.78 is 0. The van der Waals surface area contributed by atoms with Gasteiger partial charge in [-0.1, -0.05) is 31.2 Å². The fourth-order valence-electron chi connectivity index (χ4n) is 2.23. The summed E-state index contributed by atoms with van der Waals surface area (Å²) >= 11 is 0. The minimum atomic E-state index is -0.974. The minimum Gasteiger partial charge on any atom is -0.480 e. The summed E-state index contributed by atoms with van der Waals surface area (Å²) in [5, 5.41) is 10.9. The van der Waals surface area contributed by atoms with E-state index >= 15 is 0 Å². The number of aliphatic carboxylic acids is 1. The van der Waals surface area contributed by atoms with E-state index in [1.807, 2.05) is 0 Å². The summed E-state index contributed by atoms with van der Waals surface area (Å²) in [7, 11) is 0. The Balaban J connectivity index is 0.000000212. The lowest BCUT2D eigenvalue weighted by molar-refractivity contribution is -0.138. The molecule has 2 aliphatic rings. The smallest absolute Gasteiger partial charge is 0.320 e. The molecule has 5 nitrogen and oxygen atoms in total. The van der Waals surface area contributed by atoms with Gasteiger partial charge in [0.1, 0.15) is 6.04 Å². The minimum absolute atomic E-state index is 0.454. The predicted octanol–water partition coefficient (Wildman–Crippen LogP) is 1.45. The van der Waals surface area contributed by atoms with Crippen molar-refractivity contribution in [1.82, 2.24) is 5.32 Å². The SMILES string of the molecule is CC1CC12C=CC=C2.N[C@@H](CCCCNC=O)C(=O)O. The van der Waals surface area contributed by atoms with E-state index in [0.29, 0.717) is 31.2 Å². The third-order valence-electron chi connectivity index (χ3n) is 3.83. The molecule has 0 bridgehead atoms. The van der Waals surface area contributed by atoms with Gasteiger partial charge in [0.25, 0.3) is 0 Å². The van der Waals surface area contributed by atoms with Crippen molar-refractivity contribution in [3.05, 3.63) is 24.3 Å². The summed E-state index contributed by atoms with van der Waals surface area (Å²) in [6, 6.07) is -0.777. The van der Waals surface area contributed by atoms with Crippen molar-refractivity contribution < 1.29 is 14.7 Å². The quantitative estimate of drug-likeness (QED) is 0.486. The molecule has 0 heterocycles. The molecule has 2 aliphatic carbocycles. The van der Waals surface area contributed by atoms with E-state index in [2.05, 4.69) is 36.5 Å². The van der Waals surface area contributed by atoms with E-state index < -0.39 is 12.0 Å². The van der Waals surface area contributed by atoms with Crippen LogP contribution in [0.1, 0.15) is 32.6 Å². The van der Waals surface area contributed by atoms with Crippen molar-refractivity contribution in [2.45, 2.75) is 38.6 Å². The number of amides is 1. The van der Waals surface area contributed by atoms with Crippen LogP contribution in [-0.2, 0) is 9.59 Å². The molecule has 20 heavy (non-hydrogen) atoms. The van der Waals surface area contributed by atoms with Crippen LogP contribution in [0.15, 0.2) is 24.3 Å². The normalized spacial score (nSPS) is 22.0. The first-order valence-electron chi connectivity index (χ1n) is 7.04. The zero-order valence-electron chi connectivity index (χ0n) is 11.9. The number of nitrogens with two attached hydrogens (primary N) is 1. The number of unbranched alkanes of at least 4 members (excludes halogenated alkanes) is 1. The van der Waals surface area contributed by atoms with Gasteiger partial charge in [0.15, 0.2) is 0 Å². The van der Waals surface area contributed by atoms with Crippen LogP contribution in [0.3, 0.4) is 0 Å². The van der Waals surface area contributed by atoms with Gasteiger partial charge in [-0.2, -0.15) is 0 Å². The molecular weight excluding hydrogens is 256 g/mol. The molecule has 0 aromatic heterocycles. The van der Waals surface area contributed by atoms with Crippen LogP contribution in [0.25, 0.3) is 0 Å². The van der Waals surface area contributed by atoms with Crippen molar-refractivity contribution in [2.24, 2.45) is 17.1 Å². The average Bonchev–Trinajstić information content (AvgIpc) is 2.83. The van der Waals surface area contributed by atoms with Crippen LogP contribution in [0.5, 0.6) is 0 Å². The Morgan fingerprint density at radius 3 is 2.50 bits per heavy atom. The summed E-state index contributed by atoms with van der Waals surface area (Å²) in [5.41, 5.74) is 5.78. The molecule has 0 aromatic carbocycles. The third kappa shape index (κ3) is 5.17. The first-order valence-corrected chi connectivity index (χ1v) is 7.04. The molecule has 112 valence electrons. The second-order valence-corrected chi connectivity index (χ2v) is 5.45. The van der Waals surface area contributed by atoms with Crippen molar-refractivity contribution in [2.75, 3.05) is 6.54 Å². The molecule has 0 saturated heterocycles. The molecular formula is C15H24N2O3. The Morgan fingerprint density at radius 1 is 1.50 bits per heavy atom. The van der Waals surface area contributed by atoms with Crippen LogP contribution < -0.4 is 11.1 Å². The highest BCUT2D eigenvalue weighted by molar-refractivity contribution is 5.72. The molecule has 1 unspecified atom stereocenters. The lowest BCUT2D eigenvalue weighted by atomic mass is 10.1. The van der Waals surface area contributed by atoms with Gasteiger partial charge in [0, 0.05) is 12.0 Å². The van der Waals surface area contributed by atoms with Gasteiger partial charge >= 0.3 is 5.97 Å². The topological polar surface area (TPSA) is 92.4 Å². The highest BCUT2D eigenvalue weighted by atomic mass is 16.4. The summed E-state index contributed by atoms with van der Waals surface area (Å²) in [4.78, 5) is 20.0. The number of nitrogens with one attached hydrogen (secondary N) is 1.